The molecule has 1 aromatic carbocycles. The van der Waals surface area contributed by atoms with Crippen LogP contribution in [0.25, 0.3) is 10.9 Å². The fourth-order valence-corrected chi connectivity index (χ4v) is 3.12. The number of carbonyl (C=O) groups excluding carboxylic acids is 2. The first-order valence-electron chi connectivity index (χ1n) is 9.04. The molecular weight excluding hydrogens is 346 g/mol. The maximum absolute atomic E-state index is 12.5. The molecule has 0 aliphatic rings. The Morgan fingerprint density at radius 3 is 2.44 bits per heavy atom. The highest BCUT2D eigenvalue weighted by Crippen LogP contribution is 2.27. The fraction of sp³-hybridized carbons (Fsp3) is 0.450. The molecule has 2 amide bonds. The molecule has 146 valence electrons. The molecular formula is C20H27N3O4. The van der Waals surface area contributed by atoms with Crippen LogP contribution in [0.15, 0.2) is 30.5 Å². The SMILES string of the molecule is CC(C)C[C@H](NC(=O)CNC(=O)C(C)c1cn(C)c2ccccc12)C(=O)O. The highest BCUT2D eigenvalue weighted by Gasteiger charge is 2.23. The number of para-hydroxylation sites is 1. The third-order valence-electron chi connectivity index (χ3n) is 4.55. The number of rotatable bonds is 8. The third-order valence-corrected chi connectivity index (χ3v) is 4.55. The minimum absolute atomic E-state index is 0.132. The molecule has 27 heavy (non-hydrogen) atoms. The molecule has 0 aliphatic carbocycles. The zero-order chi connectivity index (χ0) is 20.1. The number of carbonyl (C=O) groups is 3. The Hall–Kier alpha value is -2.83. The van der Waals surface area contributed by atoms with Crippen molar-refractivity contribution in [3.8, 4) is 0 Å². The van der Waals surface area contributed by atoms with Gasteiger partial charge in [-0.3, -0.25) is 9.59 Å². The number of carboxylic acid groups (broad SMARTS) is 1. The summed E-state index contributed by atoms with van der Waals surface area (Å²) in [6.45, 7) is 5.30. The van der Waals surface area contributed by atoms with Gasteiger partial charge in [-0.15, -0.1) is 0 Å². The van der Waals surface area contributed by atoms with Crippen LogP contribution in [0.3, 0.4) is 0 Å². The molecule has 0 radical (unpaired) electrons. The van der Waals surface area contributed by atoms with Crippen molar-refractivity contribution in [2.24, 2.45) is 13.0 Å². The van der Waals surface area contributed by atoms with Crippen molar-refractivity contribution in [1.29, 1.82) is 0 Å². The van der Waals surface area contributed by atoms with Gasteiger partial charge in [-0.2, -0.15) is 0 Å². The summed E-state index contributed by atoms with van der Waals surface area (Å²) >= 11 is 0. The van der Waals surface area contributed by atoms with Crippen molar-refractivity contribution in [3.05, 3.63) is 36.0 Å². The van der Waals surface area contributed by atoms with E-state index in [-0.39, 0.29) is 18.4 Å². The first kappa shape index (κ1) is 20.5. The predicted octanol–water partition coefficient (Wildman–Crippen LogP) is 2.01. The van der Waals surface area contributed by atoms with E-state index in [1.165, 1.54) is 0 Å². The normalized spacial score (nSPS) is 13.4. The number of hydrogen-bond donors (Lipinski definition) is 3. The van der Waals surface area contributed by atoms with Gasteiger partial charge in [0.2, 0.25) is 11.8 Å². The van der Waals surface area contributed by atoms with Crippen molar-refractivity contribution < 1.29 is 19.5 Å². The Kier molecular flexibility index (Phi) is 6.60. The number of nitrogens with one attached hydrogen (secondary N) is 2. The maximum Gasteiger partial charge on any atom is 0.326 e. The van der Waals surface area contributed by atoms with Gasteiger partial charge in [-0.1, -0.05) is 32.0 Å². The summed E-state index contributed by atoms with van der Waals surface area (Å²) in [4.78, 5) is 35.7. The van der Waals surface area contributed by atoms with E-state index in [0.29, 0.717) is 6.42 Å². The number of carboxylic acids is 1. The minimum atomic E-state index is -1.08. The summed E-state index contributed by atoms with van der Waals surface area (Å²) in [5.74, 6) is -2.17. The van der Waals surface area contributed by atoms with Gasteiger partial charge in [0.25, 0.3) is 0 Å². The lowest BCUT2D eigenvalue weighted by Crippen LogP contribution is -2.46. The Morgan fingerprint density at radius 1 is 1.15 bits per heavy atom. The lowest BCUT2D eigenvalue weighted by molar-refractivity contribution is -0.142. The molecule has 2 aromatic rings. The molecule has 1 heterocycles. The topological polar surface area (TPSA) is 100 Å². The molecule has 0 spiro atoms. The van der Waals surface area contributed by atoms with Crippen LogP contribution in [0, 0.1) is 5.92 Å². The number of aliphatic carboxylic acids is 1. The molecule has 0 saturated heterocycles. The summed E-state index contributed by atoms with van der Waals surface area (Å²) in [5, 5.41) is 15.2. The zero-order valence-corrected chi connectivity index (χ0v) is 16.2. The summed E-state index contributed by atoms with van der Waals surface area (Å²) in [6, 6.07) is 6.86. The number of fused-ring (bicyclic) bond motifs is 1. The molecule has 1 unspecified atom stereocenters. The van der Waals surface area contributed by atoms with Crippen LogP contribution in [0.4, 0.5) is 0 Å². The number of aryl methyl sites for hydroxylation is 1. The average molecular weight is 373 g/mol. The summed E-state index contributed by atoms with van der Waals surface area (Å²) < 4.78 is 1.96. The molecule has 1 aromatic heterocycles. The highest BCUT2D eigenvalue weighted by molar-refractivity contribution is 5.94. The van der Waals surface area contributed by atoms with E-state index in [9.17, 15) is 19.5 Å². The quantitative estimate of drug-likeness (QED) is 0.659. The van der Waals surface area contributed by atoms with E-state index in [2.05, 4.69) is 10.6 Å². The third kappa shape index (κ3) is 5.09. The van der Waals surface area contributed by atoms with E-state index in [4.69, 9.17) is 0 Å². The monoisotopic (exact) mass is 373 g/mol. The Labute approximate surface area is 158 Å². The van der Waals surface area contributed by atoms with Crippen LogP contribution in [-0.2, 0) is 21.4 Å². The van der Waals surface area contributed by atoms with E-state index in [1.54, 1.807) is 6.92 Å². The van der Waals surface area contributed by atoms with Crippen LogP contribution < -0.4 is 10.6 Å². The number of aromatic nitrogens is 1. The summed E-state index contributed by atoms with van der Waals surface area (Å²) in [7, 11) is 1.92. The van der Waals surface area contributed by atoms with Crippen LogP contribution in [0.2, 0.25) is 0 Å². The number of hydrogen-bond acceptors (Lipinski definition) is 3. The first-order chi connectivity index (χ1) is 12.7. The van der Waals surface area contributed by atoms with Gasteiger partial charge in [-0.25, -0.2) is 4.79 Å². The largest absolute Gasteiger partial charge is 0.480 e. The van der Waals surface area contributed by atoms with Crippen LogP contribution in [0.5, 0.6) is 0 Å². The van der Waals surface area contributed by atoms with Crippen molar-refractivity contribution in [1.82, 2.24) is 15.2 Å². The van der Waals surface area contributed by atoms with E-state index >= 15 is 0 Å². The molecule has 0 aliphatic heterocycles. The van der Waals surface area contributed by atoms with Gasteiger partial charge in [0, 0.05) is 24.1 Å². The zero-order valence-electron chi connectivity index (χ0n) is 16.2. The molecule has 0 bridgehead atoms. The van der Waals surface area contributed by atoms with E-state index in [1.807, 2.05) is 55.9 Å². The second kappa shape index (κ2) is 8.70. The van der Waals surface area contributed by atoms with E-state index < -0.39 is 23.8 Å². The first-order valence-corrected chi connectivity index (χ1v) is 9.04. The van der Waals surface area contributed by atoms with Gasteiger partial charge in [0.1, 0.15) is 6.04 Å². The second-order valence-corrected chi connectivity index (χ2v) is 7.24. The number of amides is 2. The smallest absolute Gasteiger partial charge is 0.326 e. The number of benzene rings is 1. The minimum Gasteiger partial charge on any atom is -0.480 e. The Balaban J connectivity index is 1.98. The van der Waals surface area contributed by atoms with Crippen molar-refractivity contribution in [2.45, 2.75) is 39.2 Å². The maximum atomic E-state index is 12.5. The van der Waals surface area contributed by atoms with Crippen molar-refractivity contribution in [2.75, 3.05) is 6.54 Å². The molecule has 2 atom stereocenters. The van der Waals surface area contributed by atoms with E-state index in [0.717, 1.165) is 16.5 Å². The van der Waals surface area contributed by atoms with Crippen molar-refractivity contribution in [3.63, 3.8) is 0 Å². The average Bonchev–Trinajstić information content (AvgIpc) is 2.95. The number of nitrogens with zero attached hydrogens (tertiary/aromatic N) is 1. The molecule has 0 saturated carbocycles. The molecule has 7 nitrogen and oxygen atoms in total. The lowest BCUT2D eigenvalue weighted by atomic mass is 10.00. The standard InChI is InChI=1S/C20H27N3O4/c1-12(2)9-16(20(26)27)22-18(24)10-21-19(25)13(3)15-11-23(4)17-8-6-5-7-14(15)17/h5-8,11-13,16H,9-10H2,1-4H3,(H,21,25)(H,22,24)(H,26,27)/t13?,16-/m0/s1. The highest BCUT2D eigenvalue weighted by atomic mass is 16.4. The fourth-order valence-electron chi connectivity index (χ4n) is 3.12. The van der Waals surface area contributed by atoms with Crippen molar-refractivity contribution >= 4 is 28.7 Å². The van der Waals surface area contributed by atoms with Gasteiger partial charge >= 0.3 is 5.97 Å². The Bertz CT molecular complexity index is 841. The predicted molar refractivity (Wildman–Crippen MR) is 103 cm³/mol. The van der Waals surface area contributed by atoms with Gasteiger partial charge in [0.05, 0.1) is 12.5 Å². The van der Waals surface area contributed by atoms with Crippen LogP contribution >= 0.6 is 0 Å². The van der Waals surface area contributed by atoms with Gasteiger partial charge in [0.15, 0.2) is 0 Å². The lowest BCUT2D eigenvalue weighted by Gasteiger charge is -2.17. The molecule has 2 rings (SSSR count). The summed E-state index contributed by atoms with van der Waals surface area (Å²) in [6.07, 6.45) is 2.25. The second-order valence-electron chi connectivity index (χ2n) is 7.24. The molecule has 0 fully saturated rings. The van der Waals surface area contributed by atoms with Gasteiger partial charge in [-0.05, 0) is 30.9 Å². The Morgan fingerprint density at radius 2 is 1.81 bits per heavy atom. The molecule has 7 heteroatoms. The summed E-state index contributed by atoms with van der Waals surface area (Å²) in [5.41, 5.74) is 1.91. The van der Waals surface area contributed by atoms with Crippen LogP contribution in [0.1, 0.15) is 38.7 Å². The molecule has 3 N–H and O–H groups in total. The van der Waals surface area contributed by atoms with Crippen LogP contribution in [-0.4, -0.2) is 40.0 Å². The van der Waals surface area contributed by atoms with Gasteiger partial charge < -0.3 is 20.3 Å².